The number of ether oxygens (including phenoxy) is 2. The van der Waals surface area contributed by atoms with Gasteiger partial charge in [0, 0.05) is 0 Å². The zero-order valence-corrected chi connectivity index (χ0v) is 40.5. The molecule has 9 unspecified atom stereocenters. The highest BCUT2D eigenvalue weighted by Gasteiger charge is 2.44. The highest BCUT2D eigenvalue weighted by Crippen LogP contribution is 2.23. The Morgan fingerprint density at radius 1 is 0.531 bits per heavy atom. The minimum Gasteiger partial charge on any atom is -0.394 e. The summed E-state index contributed by atoms with van der Waals surface area (Å²) in [7, 11) is 0. The standard InChI is InChI=1S/C53H97NO10/c1-3-5-7-9-11-13-15-16-17-18-19-20-21-22-23-24-25-26-27-28-29-30-31-33-34-36-38-40-45(56)48(58)44(43-63-53-51(61)50(60)49(59)47(42-55)64-53)54-52(62)46(57)41-39-37-35-32-14-12-10-8-6-4-2/h10,12,24-25,28-29,33-34,44-51,53,55-61H,3-9,11,13-23,26-27,30-32,35-43H2,1-2H3,(H,54,62)/b12-10-,25-24+,29-28+,34-33+. The van der Waals surface area contributed by atoms with Crippen molar-refractivity contribution in [1.82, 2.24) is 5.32 Å². The van der Waals surface area contributed by atoms with Crippen molar-refractivity contribution in [3.05, 3.63) is 48.6 Å². The summed E-state index contributed by atoms with van der Waals surface area (Å²) in [6, 6.07) is -1.20. The zero-order chi connectivity index (χ0) is 46.9. The number of amides is 1. The Morgan fingerprint density at radius 3 is 1.44 bits per heavy atom. The number of hydrogen-bond acceptors (Lipinski definition) is 10. The molecular weight excluding hydrogens is 811 g/mol. The topological polar surface area (TPSA) is 189 Å². The third-order valence-corrected chi connectivity index (χ3v) is 12.3. The molecule has 0 aromatic heterocycles. The van der Waals surface area contributed by atoms with Gasteiger partial charge >= 0.3 is 0 Å². The molecule has 0 aliphatic carbocycles. The molecule has 0 spiro atoms. The number of aliphatic hydroxyl groups is 7. The van der Waals surface area contributed by atoms with Gasteiger partial charge in [-0.1, -0.05) is 178 Å². The average molecular weight is 908 g/mol. The highest BCUT2D eigenvalue weighted by atomic mass is 16.7. The van der Waals surface area contributed by atoms with Crippen LogP contribution in [0, 0.1) is 0 Å². The summed E-state index contributed by atoms with van der Waals surface area (Å²) >= 11 is 0. The molecule has 1 heterocycles. The average Bonchev–Trinajstić information content (AvgIpc) is 3.29. The second-order valence-corrected chi connectivity index (χ2v) is 18.2. The van der Waals surface area contributed by atoms with E-state index < -0.39 is 74.2 Å². The molecule has 374 valence electrons. The largest absolute Gasteiger partial charge is 0.394 e. The van der Waals surface area contributed by atoms with Gasteiger partial charge in [-0.25, -0.2) is 0 Å². The Morgan fingerprint density at radius 2 is 0.953 bits per heavy atom. The van der Waals surface area contributed by atoms with Crippen LogP contribution in [0.3, 0.4) is 0 Å². The van der Waals surface area contributed by atoms with Crippen LogP contribution in [0.15, 0.2) is 48.6 Å². The van der Waals surface area contributed by atoms with E-state index in [1.165, 1.54) is 109 Å². The summed E-state index contributed by atoms with van der Waals surface area (Å²) < 4.78 is 11.1. The molecule has 1 saturated heterocycles. The first kappa shape index (κ1) is 60.1. The lowest BCUT2D eigenvalue weighted by Gasteiger charge is -2.40. The number of aliphatic hydroxyl groups excluding tert-OH is 7. The van der Waals surface area contributed by atoms with E-state index in [1.54, 1.807) is 0 Å². The fourth-order valence-corrected chi connectivity index (χ4v) is 7.98. The molecule has 0 saturated carbocycles. The highest BCUT2D eigenvalue weighted by molar-refractivity contribution is 5.80. The smallest absolute Gasteiger partial charge is 0.249 e. The third-order valence-electron chi connectivity index (χ3n) is 12.3. The van der Waals surface area contributed by atoms with Crippen molar-refractivity contribution in [1.29, 1.82) is 0 Å². The molecule has 1 rings (SSSR count). The summed E-state index contributed by atoms with van der Waals surface area (Å²) in [6.07, 6.45) is 40.5. The monoisotopic (exact) mass is 908 g/mol. The number of rotatable bonds is 43. The molecule has 1 fully saturated rings. The molecule has 11 heteroatoms. The molecular formula is C53H97NO10. The Balaban J connectivity index is 2.35. The minimum atomic E-state index is -1.67. The molecule has 0 bridgehead atoms. The maximum atomic E-state index is 13.0. The van der Waals surface area contributed by atoms with E-state index in [0.29, 0.717) is 19.3 Å². The molecule has 1 amide bonds. The molecule has 0 aromatic carbocycles. The predicted octanol–water partition coefficient (Wildman–Crippen LogP) is 9.73. The Kier molecular flexibility index (Phi) is 39.8. The van der Waals surface area contributed by atoms with Gasteiger partial charge < -0.3 is 50.5 Å². The van der Waals surface area contributed by atoms with E-state index in [-0.39, 0.29) is 12.8 Å². The molecule has 8 N–H and O–H groups in total. The number of nitrogens with one attached hydrogen (secondary N) is 1. The van der Waals surface area contributed by atoms with Crippen LogP contribution in [0.2, 0.25) is 0 Å². The minimum absolute atomic E-state index is 0.232. The van der Waals surface area contributed by atoms with Crippen LogP contribution in [-0.2, 0) is 14.3 Å². The Hall–Kier alpha value is -1.93. The van der Waals surface area contributed by atoms with Crippen molar-refractivity contribution in [3.63, 3.8) is 0 Å². The predicted molar refractivity (Wildman–Crippen MR) is 261 cm³/mol. The van der Waals surface area contributed by atoms with E-state index in [4.69, 9.17) is 9.47 Å². The summed E-state index contributed by atoms with van der Waals surface area (Å²) in [5.41, 5.74) is 0. The van der Waals surface area contributed by atoms with Crippen LogP contribution >= 0.6 is 0 Å². The van der Waals surface area contributed by atoms with Gasteiger partial charge in [-0.15, -0.1) is 0 Å². The van der Waals surface area contributed by atoms with Crippen LogP contribution in [0.5, 0.6) is 0 Å². The van der Waals surface area contributed by atoms with E-state index in [1.807, 2.05) is 0 Å². The van der Waals surface area contributed by atoms with Crippen molar-refractivity contribution < 1.29 is 50.0 Å². The van der Waals surface area contributed by atoms with Gasteiger partial charge in [-0.3, -0.25) is 4.79 Å². The molecule has 11 nitrogen and oxygen atoms in total. The van der Waals surface area contributed by atoms with Gasteiger partial charge in [0.25, 0.3) is 0 Å². The van der Waals surface area contributed by atoms with Crippen LogP contribution < -0.4 is 5.32 Å². The lowest BCUT2D eigenvalue weighted by molar-refractivity contribution is -0.303. The van der Waals surface area contributed by atoms with Gasteiger partial charge in [-0.05, 0) is 83.5 Å². The van der Waals surface area contributed by atoms with Crippen molar-refractivity contribution in [2.24, 2.45) is 0 Å². The first-order valence-electron chi connectivity index (χ1n) is 26.0. The Bertz CT molecular complexity index is 1180. The van der Waals surface area contributed by atoms with Crippen LogP contribution in [0.25, 0.3) is 0 Å². The van der Waals surface area contributed by atoms with Gasteiger partial charge in [0.2, 0.25) is 5.91 Å². The van der Waals surface area contributed by atoms with E-state index in [9.17, 15) is 40.5 Å². The number of hydrogen-bond donors (Lipinski definition) is 8. The summed E-state index contributed by atoms with van der Waals surface area (Å²) in [4.78, 5) is 13.0. The van der Waals surface area contributed by atoms with Crippen molar-refractivity contribution in [3.8, 4) is 0 Å². The lowest BCUT2D eigenvalue weighted by Crippen LogP contribution is -2.60. The number of unbranched alkanes of at least 4 members (excludes halogenated alkanes) is 23. The molecule has 9 atom stereocenters. The third kappa shape index (κ3) is 31.1. The first-order valence-corrected chi connectivity index (χ1v) is 26.0. The second kappa shape index (κ2) is 42.4. The first-order chi connectivity index (χ1) is 31.2. The van der Waals surface area contributed by atoms with Crippen LogP contribution in [0.1, 0.15) is 213 Å². The van der Waals surface area contributed by atoms with Crippen LogP contribution in [-0.4, -0.2) is 110 Å². The Labute approximate surface area is 389 Å². The van der Waals surface area contributed by atoms with E-state index in [2.05, 4.69) is 67.8 Å². The fourth-order valence-electron chi connectivity index (χ4n) is 7.98. The maximum Gasteiger partial charge on any atom is 0.249 e. The van der Waals surface area contributed by atoms with E-state index in [0.717, 1.165) is 57.8 Å². The van der Waals surface area contributed by atoms with Crippen LogP contribution in [0.4, 0.5) is 0 Å². The summed E-state index contributed by atoms with van der Waals surface area (Å²) in [5, 5.41) is 75.6. The van der Waals surface area contributed by atoms with Crippen molar-refractivity contribution >= 4 is 5.91 Å². The molecule has 1 aliphatic heterocycles. The molecule has 0 radical (unpaired) electrons. The van der Waals surface area contributed by atoms with Gasteiger partial charge in [0.15, 0.2) is 6.29 Å². The number of carbonyl (C=O) groups is 1. The van der Waals surface area contributed by atoms with E-state index >= 15 is 0 Å². The SMILES string of the molecule is CCCC/C=C\CCCCCCC(O)C(=O)NC(COC1OC(CO)C(O)C(O)C1O)C(O)C(O)CCC/C=C/CC/C=C/CC/C=C/CCCCCCCCCCCCCCCC. The number of allylic oxidation sites excluding steroid dienone is 8. The van der Waals surface area contributed by atoms with Gasteiger partial charge in [0.1, 0.15) is 36.6 Å². The summed E-state index contributed by atoms with van der Waals surface area (Å²) in [6.45, 7) is 3.36. The fraction of sp³-hybridized carbons (Fsp3) is 0.830. The normalized spacial score (nSPS) is 21.4. The lowest BCUT2D eigenvalue weighted by atomic mass is 9.98. The molecule has 64 heavy (non-hydrogen) atoms. The van der Waals surface area contributed by atoms with Crippen molar-refractivity contribution in [2.75, 3.05) is 13.2 Å². The van der Waals surface area contributed by atoms with Gasteiger partial charge in [0.05, 0.1) is 25.4 Å². The summed E-state index contributed by atoms with van der Waals surface area (Å²) in [5.74, 6) is -0.726. The maximum absolute atomic E-state index is 13.0. The van der Waals surface area contributed by atoms with Gasteiger partial charge in [-0.2, -0.15) is 0 Å². The molecule has 0 aromatic rings. The molecule has 1 aliphatic rings. The van der Waals surface area contributed by atoms with Crippen molar-refractivity contribution in [2.45, 2.75) is 268 Å². The second-order valence-electron chi connectivity index (χ2n) is 18.2. The number of carbonyl (C=O) groups excluding carboxylic acids is 1. The zero-order valence-electron chi connectivity index (χ0n) is 40.5. The quantitative estimate of drug-likeness (QED) is 0.0216.